The van der Waals surface area contributed by atoms with Crippen molar-refractivity contribution in [2.75, 3.05) is 20.1 Å². The zero-order valence-electron chi connectivity index (χ0n) is 16.9. The fourth-order valence-corrected chi connectivity index (χ4v) is 5.71. The first-order valence-electron chi connectivity index (χ1n) is 10.5. The monoisotopic (exact) mass is 379 g/mol. The minimum atomic E-state index is -0.473. The Balaban J connectivity index is 1.47. The van der Waals surface area contributed by atoms with Gasteiger partial charge in [0.1, 0.15) is 0 Å². The van der Waals surface area contributed by atoms with Crippen LogP contribution in [-0.2, 0) is 9.59 Å². The number of hydrogen-bond donors (Lipinski definition) is 4. The van der Waals surface area contributed by atoms with Crippen LogP contribution in [0.5, 0.6) is 0 Å². The molecule has 7 nitrogen and oxygen atoms in total. The Hall–Kier alpha value is -1.63. The van der Waals surface area contributed by atoms with Gasteiger partial charge >= 0.3 is 6.03 Å². The van der Waals surface area contributed by atoms with E-state index >= 15 is 0 Å². The van der Waals surface area contributed by atoms with E-state index in [1.165, 1.54) is 19.3 Å². The lowest BCUT2D eigenvalue weighted by Crippen LogP contribution is -3.15. The van der Waals surface area contributed by atoms with Gasteiger partial charge in [-0.25, -0.2) is 4.79 Å². The highest BCUT2D eigenvalue weighted by Crippen LogP contribution is 2.55. The molecule has 4 bridgehead atoms. The first kappa shape index (κ1) is 20.1. The van der Waals surface area contributed by atoms with Crippen LogP contribution in [0, 0.1) is 17.8 Å². The summed E-state index contributed by atoms with van der Waals surface area (Å²) >= 11 is 0. The molecule has 0 radical (unpaired) electrons. The molecule has 2 atom stereocenters. The van der Waals surface area contributed by atoms with Crippen LogP contribution < -0.4 is 20.9 Å². The summed E-state index contributed by atoms with van der Waals surface area (Å²) in [7, 11) is 1.80. The van der Waals surface area contributed by atoms with Crippen LogP contribution in [0.4, 0.5) is 4.79 Å². The number of carbonyl (C=O) groups excluding carboxylic acids is 3. The molecule has 7 heteroatoms. The van der Waals surface area contributed by atoms with Gasteiger partial charge in [-0.3, -0.25) is 14.9 Å². The van der Waals surface area contributed by atoms with Crippen molar-refractivity contribution in [3.63, 3.8) is 0 Å². The zero-order chi connectivity index (χ0) is 19.6. The topological polar surface area (TPSA) is 91.7 Å². The molecule has 4 amide bonds. The molecule has 0 spiro atoms. The number of rotatable bonds is 7. The molecule has 4 fully saturated rings. The molecule has 0 aromatic heterocycles. The van der Waals surface area contributed by atoms with E-state index in [2.05, 4.69) is 16.0 Å². The highest BCUT2D eigenvalue weighted by atomic mass is 16.2. The van der Waals surface area contributed by atoms with Crippen LogP contribution in [0.2, 0.25) is 0 Å². The van der Waals surface area contributed by atoms with Gasteiger partial charge in [0.15, 0.2) is 12.6 Å². The number of nitrogens with one attached hydrogen (secondary N) is 4. The molecule has 0 saturated heterocycles. The average Bonchev–Trinajstić information content (AvgIpc) is 2.57. The summed E-state index contributed by atoms with van der Waals surface area (Å²) in [6.45, 7) is 4.59. The summed E-state index contributed by atoms with van der Waals surface area (Å²) in [5.41, 5.74) is -0.110. The molecule has 4 rings (SSSR count). The first-order chi connectivity index (χ1) is 12.8. The lowest BCUT2D eigenvalue weighted by atomic mass is 9.53. The second-order valence-electron chi connectivity index (χ2n) is 9.24. The Morgan fingerprint density at radius 3 is 2.15 bits per heavy atom. The SMILES string of the molecule is CCCNC(=O)C[NH+](C)[C@H](C)C(=O)NC(=O)NC12CC3CC(CC(C3)C1)C2. The van der Waals surface area contributed by atoms with Crippen LogP contribution in [0.3, 0.4) is 0 Å². The van der Waals surface area contributed by atoms with Crippen LogP contribution in [0.1, 0.15) is 58.8 Å². The minimum absolute atomic E-state index is 0.0768. The van der Waals surface area contributed by atoms with E-state index in [0.717, 1.165) is 48.3 Å². The molecule has 0 aromatic carbocycles. The first-order valence-corrected chi connectivity index (χ1v) is 10.5. The molecule has 1 unspecified atom stereocenters. The van der Waals surface area contributed by atoms with Crippen molar-refractivity contribution in [3.8, 4) is 0 Å². The van der Waals surface area contributed by atoms with Crippen molar-refractivity contribution in [3.05, 3.63) is 0 Å². The number of quaternary nitrogens is 1. The number of likely N-dealkylation sites (N-methyl/N-ethyl adjacent to an activating group) is 1. The average molecular weight is 380 g/mol. The van der Waals surface area contributed by atoms with Gasteiger partial charge < -0.3 is 15.5 Å². The second-order valence-corrected chi connectivity index (χ2v) is 9.24. The van der Waals surface area contributed by atoms with Gasteiger partial charge in [-0.2, -0.15) is 0 Å². The number of urea groups is 1. The van der Waals surface area contributed by atoms with E-state index in [1.807, 2.05) is 6.92 Å². The molecule has 4 aliphatic rings. The summed E-state index contributed by atoms with van der Waals surface area (Å²) in [6, 6.07) is -0.850. The number of hydrogen-bond acceptors (Lipinski definition) is 3. The van der Waals surface area contributed by atoms with E-state index in [0.29, 0.717) is 6.54 Å². The fraction of sp³-hybridized carbons (Fsp3) is 0.850. The van der Waals surface area contributed by atoms with Crippen LogP contribution in [0.25, 0.3) is 0 Å². The van der Waals surface area contributed by atoms with Crippen molar-refractivity contribution in [2.24, 2.45) is 17.8 Å². The van der Waals surface area contributed by atoms with Gasteiger partial charge in [-0.15, -0.1) is 0 Å². The lowest BCUT2D eigenvalue weighted by molar-refractivity contribution is -0.886. The highest BCUT2D eigenvalue weighted by Gasteiger charge is 2.51. The molecule has 4 aliphatic carbocycles. The number of carbonyl (C=O) groups is 3. The Morgan fingerprint density at radius 2 is 1.63 bits per heavy atom. The molecular weight excluding hydrogens is 344 g/mol. The zero-order valence-corrected chi connectivity index (χ0v) is 16.9. The standard InChI is InChI=1S/C20H34N4O3/c1-4-5-21-17(25)12-24(3)13(2)18(26)22-19(27)23-20-9-14-6-15(10-20)8-16(7-14)11-20/h13-16H,4-12H2,1-3H3,(H,21,25)(H2,22,23,26,27)/p+1/t13-,14?,15?,16?,20?/m1/s1. The number of amides is 4. The smallest absolute Gasteiger partial charge is 0.322 e. The summed E-state index contributed by atoms with van der Waals surface area (Å²) in [5.74, 6) is 1.81. The Labute approximate surface area is 162 Å². The van der Waals surface area contributed by atoms with Crippen molar-refractivity contribution < 1.29 is 19.3 Å². The van der Waals surface area contributed by atoms with Crippen LogP contribution in [-0.4, -0.2) is 49.6 Å². The Kier molecular flexibility index (Phi) is 6.08. The van der Waals surface area contributed by atoms with Crippen molar-refractivity contribution in [2.45, 2.75) is 70.4 Å². The predicted octanol–water partition coefficient (Wildman–Crippen LogP) is 0.210. The summed E-state index contributed by atoms with van der Waals surface area (Å²) in [6.07, 6.45) is 7.98. The lowest BCUT2D eigenvalue weighted by Gasteiger charge is -2.56. The van der Waals surface area contributed by atoms with E-state index in [-0.39, 0.29) is 29.9 Å². The molecule has 152 valence electrons. The van der Waals surface area contributed by atoms with Gasteiger partial charge in [-0.05, 0) is 69.6 Å². The van der Waals surface area contributed by atoms with Gasteiger partial charge in [0.2, 0.25) is 0 Å². The van der Waals surface area contributed by atoms with Gasteiger partial charge in [0.05, 0.1) is 7.05 Å². The largest absolute Gasteiger partial charge is 0.351 e. The Bertz CT molecular complexity index is 556. The molecule has 4 N–H and O–H groups in total. The van der Waals surface area contributed by atoms with E-state index in [9.17, 15) is 14.4 Å². The predicted molar refractivity (Wildman–Crippen MR) is 102 cm³/mol. The summed E-state index contributed by atoms with van der Waals surface area (Å²) < 4.78 is 0. The summed E-state index contributed by atoms with van der Waals surface area (Å²) in [4.78, 5) is 37.6. The third kappa shape index (κ3) is 4.81. The molecule has 0 aliphatic heterocycles. The third-order valence-electron chi connectivity index (χ3n) is 6.80. The maximum atomic E-state index is 12.5. The van der Waals surface area contributed by atoms with Gasteiger partial charge in [0, 0.05) is 12.1 Å². The molecule has 0 heterocycles. The molecular formula is C20H35N4O3+. The molecule has 0 aromatic rings. The molecule has 27 heavy (non-hydrogen) atoms. The van der Waals surface area contributed by atoms with Gasteiger partial charge in [-0.1, -0.05) is 6.92 Å². The maximum Gasteiger partial charge on any atom is 0.322 e. The minimum Gasteiger partial charge on any atom is -0.351 e. The number of imide groups is 1. The van der Waals surface area contributed by atoms with Crippen molar-refractivity contribution >= 4 is 17.8 Å². The van der Waals surface area contributed by atoms with E-state index in [4.69, 9.17) is 0 Å². The van der Waals surface area contributed by atoms with Gasteiger partial charge in [0.25, 0.3) is 11.8 Å². The third-order valence-corrected chi connectivity index (χ3v) is 6.80. The van der Waals surface area contributed by atoms with E-state index in [1.54, 1.807) is 14.0 Å². The van der Waals surface area contributed by atoms with Crippen LogP contribution >= 0.6 is 0 Å². The summed E-state index contributed by atoms with van der Waals surface area (Å²) in [5, 5.41) is 8.48. The highest BCUT2D eigenvalue weighted by molar-refractivity contribution is 5.96. The second kappa shape index (κ2) is 8.17. The van der Waals surface area contributed by atoms with Crippen molar-refractivity contribution in [1.29, 1.82) is 0 Å². The quantitative estimate of drug-likeness (QED) is 0.510. The van der Waals surface area contributed by atoms with E-state index < -0.39 is 6.04 Å². The fourth-order valence-electron chi connectivity index (χ4n) is 5.71. The van der Waals surface area contributed by atoms with Crippen LogP contribution in [0.15, 0.2) is 0 Å². The maximum absolute atomic E-state index is 12.5. The van der Waals surface area contributed by atoms with Crippen molar-refractivity contribution in [1.82, 2.24) is 16.0 Å². The molecule has 4 saturated carbocycles. The Morgan fingerprint density at radius 1 is 1.07 bits per heavy atom. The normalized spacial score (nSPS) is 33.2.